The molecule has 3 aromatic rings. The molecule has 0 saturated carbocycles. The fourth-order valence-electron chi connectivity index (χ4n) is 1.93. The molecule has 2 heterocycles. The van der Waals surface area contributed by atoms with Crippen molar-refractivity contribution in [3.05, 3.63) is 70.4 Å². The second kappa shape index (κ2) is 7.33. The van der Waals surface area contributed by atoms with E-state index < -0.39 is 5.91 Å². The van der Waals surface area contributed by atoms with Crippen LogP contribution in [0.2, 0.25) is 10.0 Å². The highest BCUT2D eigenvalue weighted by molar-refractivity contribution is 6.35. The Morgan fingerprint density at radius 1 is 1.21 bits per heavy atom. The third kappa shape index (κ3) is 4.04. The van der Waals surface area contributed by atoms with Crippen molar-refractivity contribution in [2.24, 2.45) is 0 Å². The Bertz CT molecular complexity index is 853. The number of benzene rings is 1. The second-order valence-electron chi connectivity index (χ2n) is 4.78. The number of anilines is 2. The number of nitrogens with one attached hydrogen (secondary N) is 2. The third-order valence-corrected chi connectivity index (χ3v) is 3.63. The van der Waals surface area contributed by atoms with E-state index in [-0.39, 0.29) is 5.69 Å². The standard InChI is InChI=1S/C16H12Cl2N4O2/c17-10-3-4-12(18)14(8-10)21-15(23)13-5-6-19-16(22-13)20-9-11-2-1-7-24-11/h1-8H,9H2,(H,21,23)(H,19,20,22). The first kappa shape index (κ1) is 16.3. The molecule has 0 spiro atoms. The van der Waals surface area contributed by atoms with E-state index in [1.807, 2.05) is 6.07 Å². The fourth-order valence-corrected chi connectivity index (χ4v) is 2.27. The lowest BCUT2D eigenvalue weighted by Crippen LogP contribution is -2.15. The number of halogens is 2. The zero-order chi connectivity index (χ0) is 16.9. The van der Waals surface area contributed by atoms with Crippen LogP contribution in [0.15, 0.2) is 53.3 Å². The Morgan fingerprint density at radius 3 is 2.88 bits per heavy atom. The minimum Gasteiger partial charge on any atom is -0.467 e. The molecule has 2 aromatic heterocycles. The van der Waals surface area contributed by atoms with Gasteiger partial charge in [-0.2, -0.15) is 0 Å². The maximum atomic E-state index is 12.3. The van der Waals surface area contributed by atoms with Crippen molar-refractivity contribution in [1.82, 2.24) is 9.97 Å². The van der Waals surface area contributed by atoms with Crippen molar-refractivity contribution in [2.45, 2.75) is 6.54 Å². The van der Waals surface area contributed by atoms with E-state index in [2.05, 4.69) is 20.6 Å². The molecule has 2 N–H and O–H groups in total. The summed E-state index contributed by atoms with van der Waals surface area (Å²) in [6, 6.07) is 9.93. The number of nitrogens with zero attached hydrogens (tertiary/aromatic N) is 2. The van der Waals surface area contributed by atoms with E-state index in [4.69, 9.17) is 27.6 Å². The summed E-state index contributed by atoms with van der Waals surface area (Å²) in [6.07, 6.45) is 3.07. The zero-order valence-corrected chi connectivity index (χ0v) is 13.8. The minimum absolute atomic E-state index is 0.197. The van der Waals surface area contributed by atoms with E-state index in [0.717, 1.165) is 5.76 Å². The molecule has 6 nitrogen and oxygen atoms in total. The van der Waals surface area contributed by atoms with Crippen LogP contribution in [0, 0.1) is 0 Å². The average molecular weight is 363 g/mol. The monoisotopic (exact) mass is 362 g/mol. The van der Waals surface area contributed by atoms with Gasteiger partial charge in [-0.05, 0) is 36.4 Å². The van der Waals surface area contributed by atoms with Gasteiger partial charge in [0.2, 0.25) is 5.95 Å². The Balaban J connectivity index is 1.70. The molecular formula is C16H12Cl2N4O2. The maximum Gasteiger partial charge on any atom is 0.274 e. The molecule has 1 aromatic carbocycles. The van der Waals surface area contributed by atoms with Gasteiger partial charge in [-0.1, -0.05) is 23.2 Å². The number of carbonyl (C=O) groups is 1. The number of hydrogen-bond acceptors (Lipinski definition) is 5. The summed E-state index contributed by atoms with van der Waals surface area (Å²) in [7, 11) is 0. The molecule has 0 bridgehead atoms. The molecule has 0 unspecified atom stereocenters. The largest absolute Gasteiger partial charge is 0.467 e. The average Bonchev–Trinajstić information content (AvgIpc) is 3.10. The van der Waals surface area contributed by atoms with Crippen LogP contribution in [0.5, 0.6) is 0 Å². The van der Waals surface area contributed by atoms with Gasteiger partial charge in [0.15, 0.2) is 0 Å². The van der Waals surface area contributed by atoms with Gasteiger partial charge in [0.25, 0.3) is 5.91 Å². The highest BCUT2D eigenvalue weighted by Crippen LogP contribution is 2.25. The summed E-state index contributed by atoms with van der Waals surface area (Å²) in [5.41, 5.74) is 0.612. The van der Waals surface area contributed by atoms with E-state index in [9.17, 15) is 4.79 Å². The van der Waals surface area contributed by atoms with Crippen LogP contribution in [0.25, 0.3) is 0 Å². The van der Waals surface area contributed by atoms with Gasteiger partial charge in [-0.25, -0.2) is 9.97 Å². The molecule has 0 atom stereocenters. The molecule has 3 rings (SSSR count). The van der Waals surface area contributed by atoms with Crippen LogP contribution < -0.4 is 10.6 Å². The van der Waals surface area contributed by atoms with Gasteiger partial charge in [0.05, 0.1) is 23.5 Å². The third-order valence-electron chi connectivity index (χ3n) is 3.07. The molecule has 1 amide bonds. The zero-order valence-electron chi connectivity index (χ0n) is 12.3. The summed E-state index contributed by atoms with van der Waals surface area (Å²) < 4.78 is 5.21. The number of carbonyl (C=O) groups excluding carboxylic acids is 1. The summed E-state index contributed by atoms with van der Waals surface area (Å²) in [5, 5.41) is 6.51. The lowest BCUT2D eigenvalue weighted by atomic mass is 10.3. The number of furan rings is 1. The molecule has 0 saturated heterocycles. The predicted molar refractivity (Wildman–Crippen MR) is 92.5 cm³/mol. The molecule has 24 heavy (non-hydrogen) atoms. The topological polar surface area (TPSA) is 80.0 Å². The van der Waals surface area contributed by atoms with E-state index in [1.165, 1.54) is 12.3 Å². The maximum absolute atomic E-state index is 12.3. The van der Waals surface area contributed by atoms with Crippen LogP contribution in [0.1, 0.15) is 16.2 Å². The van der Waals surface area contributed by atoms with Crippen molar-refractivity contribution in [3.63, 3.8) is 0 Å². The number of rotatable bonds is 5. The molecule has 0 radical (unpaired) electrons. The molecule has 0 aliphatic heterocycles. The summed E-state index contributed by atoms with van der Waals surface area (Å²) in [4.78, 5) is 20.6. The van der Waals surface area contributed by atoms with Gasteiger partial charge in [-0.15, -0.1) is 0 Å². The first-order valence-electron chi connectivity index (χ1n) is 6.97. The number of hydrogen-bond donors (Lipinski definition) is 2. The van der Waals surface area contributed by atoms with Crippen LogP contribution in [0.3, 0.4) is 0 Å². The number of amides is 1. The van der Waals surface area contributed by atoms with Crippen molar-refractivity contribution in [3.8, 4) is 0 Å². The highest BCUT2D eigenvalue weighted by Gasteiger charge is 2.11. The van der Waals surface area contributed by atoms with Gasteiger partial charge in [0.1, 0.15) is 11.5 Å². The summed E-state index contributed by atoms with van der Waals surface area (Å²) in [5.74, 6) is 0.637. The van der Waals surface area contributed by atoms with Gasteiger partial charge >= 0.3 is 0 Å². The van der Waals surface area contributed by atoms with Gasteiger partial charge < -0.3 is 15.1 Å². The van der Waals surface area contributed by atoms with Crippen LogP contribution >= 0.6 is 23.2 Å². The SMILES string of the molecule is O=C(Nc1cc(Cl)ccc1Cl)c1ccnc(NCc2ccco2)n1. The first-order chi connectivity index (χ1) is 11.6. The number of aromatic nitrogens is 2. The van der Waals surface area contributed by atoms with Crippen LogP contribution in [-0.4, -0.2) is 15.9 Å². The van der Waals surface area contributed by atoms with Gasteiger partial charge in [-0.3, -0.25) is 4.79 Å². The molecule has 0 aliphatic rings. The Morgan fingerprint density at radius 2 is 2.08 bits per heavy atom. The van der Waals surface area contributed by atoms with Crippen LogP contribution in [-0.2, 0) is 6.54 Å². The quantitative estimate of drug-likeness (QED) is 0.709. The van der Waals surface area contributed by atoms with Gasteiger partial charge in [0, 0.05) is 11.2 Å². The normalized spacial score (nSPS) is 10.4. The van der Waals surface area contributed by atoms with Crippen molar-refractivity contribution in [2.75, 3.05) is 10.6 Å². The van der Waals surface area contributed by atoms with Crippen molar-refractivity contribution >= 4 is 40.7 Å². The van der Waals surface area contributed by atoms with E-state index in [0.29, 0.717) is 28.2 Å². The van der Waals surface area contributed by atoms with Crippen molar-refractivity contribution < 1.29 is 9.21 Å². The Hall–Kier alpha value is -2.57. The Kier molecular flexibility index (Phi) is 4.98. The first-order valence-corrected chi connectivity index (χ1v) is 7.73. The highest BCUT2D eigenvalue weighted by atomic mass is 35.5. The lowest BCUT2D eigenvalue weighted by molar-refractivity contribution is 0.102. The van der Waals surface area contributed by atoms with E-state index >= 15 is 0 Å². The van der Waals surface area contributed by atoms with Crippen molar-refractivity contribution in [1.29, 1.82) is 0 Å². The summed E-state index contributed by atoms with van der Waals surface area (Å²) in [6.45, 7) is 0.415. The van der Waals surface area contributed by atoms with Crippen LogP contribution in [0.4, 0.5) is 11.6 Å². The molecule has 0 aliphatic carbocycles. The second-order valence-corrected chi connectivity index (χ2v) is 5.62. The predicted octanol–water partition coefficient (Wildman–Crippen LogP) is 4.24. The van der Waals surface area contributed by atoms with E-state index in [1.54, 1.807) is 30.5 Å². The molecule has 122 valence electrons. The smallest absolute Gasteiger partial charge is 0.274 e. The lowest BCUT2D eigenvalue weighted by Gasteiger charge is -2.08. The summed E-state index contributed by atoms with van der Waals surface area (Å²) >= 11 is 11.9. The fraction of sp³-hybridized carbons (Fsp3) is 0.0625. The molecule has 0 fully saturated rings. The molecule has 8 heteroatoms. The minimum atomic E-state index is -0.414. The molecular weight excluding hydrogens is 351 g/mol. The Labute approximate surface area is 147 Å².